The quantitative estimate of drug-likeness (QED) is 0.808. The van der Waals surface area contributed by atoms with Gasteiger partial charge in [-0.1, -0.05) is 48.5 Å². The van der Waals surface area contributed by atoms with Crippen molar-refractivity contribution in [2.75, 3.05) is 0 Å². The van der Waals surface area contributed by atoms with E-state index in [1.165, 1.54) is 22.3 Å². The van der Waals surface area contributed by atoms with E-state index in [2.05, 4.69) is 48.5 Å². The molecular formula is C20H18O2. The zero-order valence-electron chi connectivity index (χ0n) is 12.4. The molecule has 2 fully saturated rings. The van der Waals surface area contributed by atoms with E-state index in [0.29, 0.717) is 31.5 Å². The highest BCUT2D eigenvalue weighted by atomic mass is 16.3. The van der Waals surface area contributed by atoms with Gasteiger partial charge in [0.15, 0.2) is 0 Å². The molecule has 2 atom stereocenters. The molecule has 0 aromatic heterocycles. The second kappa shape index (κ2) is 3.88. The molecule has 2 aromatic carbocycles. The van der Waals surface area contributed by atoms with Gasteiger partial charge in [0.05, 0.1) is 6.10 Å². The molecule has 2 unspecified atom stereocenters. The molecule has 2 saturated carbocycles. The van der Waals surface area contributed by atoms with E-state index >= 15 is 0 Å². The molecule has 3 aliphatic carbocycles. The third kappa shape index (κ3) is 1.24. The first-order valence-electron chi connectivity index (χ1n) is 8.05. The lowest BCUT2D eigenvalue weighted by Gasteiger charge is -2.46. The van der Waals surface area contributed by atoms with Crippen LogP contribution < -0.4 is 0 Å². The van der Waals surface area contributed by atoms with Crippen LogP contribution in [0.3, 0.4) is 0 Å². The summed E-state index contributed by atoms with van der Waals surface area (Å²) >= 11 is 0. The number of rotatable bonds is 0. The third-order valence-electron chi connectivity index (χ3n) is 6.26. The van der Waals surface area contributed by atoms with Crippen molar-refractivity contribution in [1.82, 2.24) is 0 Å². The SMILES string of the molecule is O=C1CC23CC(O)CC2(C1)c1ccccc1-c1ccccc13. The maximum Gasteiger partial charge on any atom is 0.134 e. The number of fused-ring (bicyclic) bond motifs is 3. The highest BCUT2D eigenvalue weighted by Crippen LogP contribution is 2.68. The minimum absolute atomic E-state index is 0.200. The molecule has 1 N–H and O–H groups in total. The Morgan fingerprint density at radius 3 is 1.77 bits per heavy atom. The van der Waals surface area contributed by atoms with Crippen molar-refractivity contribution in [1.29, 1.82) is 0 Å². The number of hydrogen-bond donors (Lipinski definition) is 1. The van der Waals surface area contributed by atoms with E-state index in [9.17, 15) is 9.90 Å². The molecule has 110 valence electrons. The van der Waals surface area contributed by atoms with Crippen LogP contribution in [-0.4, -0.2) is 17.0 Å². The number of carbonyl (C=O) groups is 1. The van der Waals surface area contributed by atoms with E-state index in [1.54, 1.807) is 0 Å². The summed E-state index contributed by atoms with van der Waals surface area (Å²) in [6, 6.07) is 17.0. The second-order valence-corrected chi connectivity index (χ2v) is 7.21. The average Bonchev–Trinajstić information content (AvgIpc) is 2.96. The lowest BCUT2D eigenvalue weighted by Crippen LogP contribution is -2.43. The smallest absolute Gasteiger partial charge is 0.134 e. The molecule has 0 amide bonds. The molecule has 0 bridgehead atoms. The first-order chi connectivity index (χ1) is 10.7. The fraction of sp³-hybridized carbons (Fsp3) is 0.350. The van der Waals surface area contributed by atoms with Gasteiger partial charge in [0.1, 0.15) is 5.78 Å². The Morgan fingerprint density at radius 1 is 0.818 bits per heavy atom. The van der Waals surface area contributed by atoms with Gasteiger partial charge in [0, 0.05) is 23.7 Å². The maximum atomic E-state index is 12.5. The van der Waals surface area contributed by atoms with Gasteiger partial charge in [-0.2, -0.15) is 0 Å². The van der Waals surface area contributed by atoms with Gasteiger partial charge >= 0.3 is 0 Å². The van der Waals surface area contributed by atoms with E-state index in [0.717, 1.165) is 0 Å². The summed E-state index contributed by atoms with van der Waals surface area (Å²) in [7, 11) is 0. The summed E-state index contributed by atoms with van der Waals surface area (Å²) in [4.78, 5) is 12.5. The summed E-state index contributed by atoms with van der Waals surface area (Å²) < 4.78 is 0. The summed E-state index contributed by atoms with van der Waals surface area (Å²) in [5, 5.41) is 10.5. The number of hydrogen-bond acceptors (Lipinski definition) is 2. The molecule has 0 radical (unpaired) electrons. The summed E-state index contributed by atoms with van der Waals surface area (Å²) in [6.45, 7) is 0. The molecule has 0 spiro atoms. The number of aliphatic hydroxyl groups is 1. The minimum Gasteiger partial charge on any atom is -0.393 e. The molecule has 2 aromatic rings. The highest BCUT2D eigenvalue weighted by molar-refractivity contribution is 5.91. The van der Waals surface area contributed by atoms with Crippen molar-refractivity contribution < 1.29 is 9.90 Å². The zero-order valence-corrected chi connectivity index (χ0v) is 12.4. The van der Waals surface area contributed by atoms with Gasteiger partial charge < -0.3 is 5.11 Å². The van der Waals surface area contributed by atoms with E-state index in [4.69, 9.17) is 0 Å². The molecule has 2 nitrogen and oxygen atoms in total. The van der Waals surface area contributed by atoms with Gasteiger partial charge in [-0.25, -0.2) is 0 Å². The fourth-order valence-corrected chi connectivity index (χ4v) is 5.68. The highest BCUT2D eigenvalue weighted by Gasteiger charge is 2.66. The van der Waals surface area contributed by atoms with Crippen LogP contribution in [0.4, 0.5) is 0 Å². The van der Waals surface area contributed by atoms with Crippen LogP contribution in [-0.2, 0) is 15.6 Å². The third-order valence-corrected chi connectivity index (χ3v) is 6.26. The zero-order chi connectivity index (χ0) is 14.9. The Bertz CT molecular complexity index is 743. The van der Waals surface area contributed by atoms with E-state index in [1.807, 2.05) is 0 Å². The first-order valence-corrected chi connectivity index (χ1v) is 8.05. The van der Waals surface area contributed by atoms with E-state index in [-0.39, 0.29) is 16.9 Å². The molecule has 22 heavy (non-hydrogen) atoms. The van der Waals surface area contributed by atoms with Gasteiger partial charge in [-0.15, -0.1) is 0 Å². The fourth-order valence-electron chi connectivity index (χ4n) is 5.68. The molecular weight excluding hydrogens is 272 g/mol. The van der Waals surface area contributed by atoms with Crippen LogP contribution in [0.15, 0.2) is 48.5 Å². The monoisotopic (exact) mass is 290 g/mol. The van der Waals surface area contributed by atoms with Crippen LogP contribution in [0, 0.1) is 0 Å². The Labute approximate surface area is 129 Å². The van der Waals surface area contributed by atoms with Crippen molar-refractivity contribution in [3.63, 3.8) is 0 Å². The molecule has 2 heteroatoms. The molecule has 3 aliphatic rings. The van der Waals surface area contributed by atoms with Crippen molar-refractivity contribution in [2.24, 2.45) is 0 Å². The molecule has 0 heterocycles. The van der Waals surface area contributed by atoms with Gasteiger partial charge in [-0.05, 0) is 35.1 Å². The second-order valence-electron chi connectivity index (χ2n) is 7.21. The number of ketones is 1. The number of carbonyl (C=O) groups excluding carboxylic acids is 1. The number of aliphatic hydroxyl groups excluding tert-OH is 1. The summed E-state index contributed by atoms with van der Waals surface area (Å²) in [6.07, 6.45) is 2.27. The minimum atomic E-state index is -0.313. The Hall–Kier alpha value is -1.93. The summed E-state index contributed by atoms with van der Waals surface area (Å²) in [5.74, 6) is 0.346. The number of Topliss-reactive ketones (excluding diaryl/α,β-unsaturated/α-hetero) is 1. The van der Waals surface area contributed by atoms with Crippen LogP contribution in [0.25, 0.3) is 11.1 Å². The number of benzene rings is 2. The lowest BCUT2D eigenvalue weighted by molar-refractivity contribution is -0.118. The van der Waals surface area contributed by atoms with Crippen LogP contribution in [0.2, 0.25) is 0 Å². The largest absolute Gasteiger partial charge is 0.393 e. The first kappa shape index (κ1) is 12.6. The molecule has 0 aliphatic heterocycles. The normalized spacial score (nSPS) is 34.8. The molecule has 5 rings (SSSR count). The Morgan fingerprint density at radius 2 is 1.27 bits per heavy atom. The van der Waals surface area contributed by atoms with Crippen molar-refractivity contribution in [3.8, 4) is 11.1 Å². The van der Waals surface area contributed by atoms with Crippen LogP contribution in [0.5, 0.6) is 0 Å². The average molecular weight is 290 g/mol. The van der Waals surface area contributed by atoms with Crippen molar-refractivity contribution in [2.45, 2.75) is 42.6 Å². The predicted molar refractivity (Wildman–Crippen MR) is 84.7 cm³/mol. The standard InChI is InChI=1S/C20H18O2/c21-13-9-19-10-14(22)12-20(19,11-13)18-8-4-2-6-16(18)15-5-1-3-7-17(15)19/h1-8,13,21H,9-12H2. The van der Waals surface area contributed by atoms with Crippen LogP contribution in [0.1, 0.15) is 36.8 Å². The van der Waals surface area contributed by atoms with Gasteiger partial charge in [0.2, 0.25) is 0 Å². The van der Waals surface area contributed by atoms with Crippen molar-refractivity contribution in [3.05, 3.63) is 59.7 Å². The van der Waals surface area contributed by atoms with E-state index < -0.39 is 0 Å². The van der Waals surface area contributed by atoms with Crippen LogP contribution >= 0.6 is 0 Å². The van der Waals surface area contributed by atoms with Gasteiger partial charge in [-0.3, -0.25) is 4.79 Å². The van der Waals surface area contributed by atoms with Crippen molar-refractivity contribution >= 4 is 5.78 Å². The Balaban J connectivity index is 1.94. The molecule has 0 saturated heterocycles. The van der Waals surface area contributed by atoms with Gasteiger partial charge in [0.25, 0.3) is 0 Å². The Kier molecular flexibility index (Phi) is 2.22. The summed E-state index contributed by atoms with van der Waals surface area (Å²) in [5.41, 5.74) is 4.64. The lowest BCUT2D eigenvalue weighted by atomic mass is 9.55. The maximum absolute atomic E-state index is 12.5. The predicted octanol–water partition coefficient (Wildman–Crippen LogP) is 3.36. The topological polar surface area (TPSA) is 37.3 Å².